The minimum absolute atomic E-state index is 0.0727. The van der Waals surface area contributed by atoms with Crippen LogP contribution < -0.4 is 9.64 Å². The number of aromatic nitrogens is 1. The number of fused-ring (bicyclic) bond motifs is 2. The highest BCUT2D eigenvalue weighted by Crippen LogP contribution is 2.44. The van der Waals surface area contributed by atoms with Gasteiger partial charge in [0.15, 0.2) is 5.13 Å². The molecule has 0 spiro atoms. The van der Waals surface area contributed by atoms with Crippen LogP contribution in [-0.2, 0) is 11.4 Å². The Bertz CT molecular complexity index is 1360. The minimum atomic E-state index is -0.658. The van der Waals surface area contributed by atoms with Gasteiger partial charge in [0, 0.05) is 43.2 Å². The number of aliphatic carboxylic acids is 1. The third-order valence-corrected chi connectivity index (χ3v) is 8.95. The number of hydrogen-bond donors (Lipinski definition) is 2. The molecule has 2 bridgehead atoms. The van der Waals surface area contributed by atoms with Gasteiger partial charge in [0.2, 0.25) is 0 Å². The summed E-state index contributed by atoms with van der Waals surface area (Å²) in [6, 6.07) is 11.6. The summed E-state index contributed by atoms with van der Waals surface area (Å²) in [6.07, 6.45) is 1.94. The predicted molar refractivity (Wildman–Crippen MR) is 151 cm³/mol. The number of carboxylic acid groups (broad SMARTS) is 1. The monoisotopic (exact) mass is 549 g/mol. The number of rotatable bonds is 9. The van der Waals surface area contributed by atoms with Crippen molar-refractivity contribution in [1.82, 2.24) is 9.88 Å². The molecular weight excluding hydrogens is 514 g/mol. The predicted octanol–water partition coefficient (Wildman–Crippen LogP) is 4.62. The van der Waals surface area contributed by atoms with Gasteiger partial charge in [0.1, 0.15) is 12.4 Å². The van der Waals surface area contributed by atoms with E-state index >= 15 is 0 Å². The summed E-state index contributed by atoms with van der Waals surface area (Å²) in [5.41, 5.74) is 5.42. The largest absolute Gasteiger partial charge is 0.488 e. The summed E-state index contributed by atoms with van der Waals surface area (Å²) in [5.74, 6) is 0.103. The van der Waals surface area contributed by atoms with Gasteiger partial charge in [0.25, 0.3) is 5.91 Å². The molecule has 39 heavy (non-hydrogen) atoms. The molecule has 5 rings (SSSR count). The van der Waals surface area contributed by atoms with Crippen LogP contribution in [0.25, 0.3) is 11.3 Å². The van der Waals surface area contributed by atoms with E-state index in [2.05, 4.69) is 16.3 Å². The Morgan fingerprint density at radius 1 is 1.13 bits per heavy atom. The number of benzene rings is 2. The van der Waals surface area contributed by atoms with Crippen molar-refractivity contribution in [2.75, 3.05) is 38.2 Å². The molecule has 2 aromatic carbocycles. The molecule has 3 aromatic rings. The molecule has 1 aliphatic heterocycles. The number of amides is 1. The number of aryl methyl sites for hydroxylation is 2. The Labute approximate surface area is 232 Å². The van der Waals surface area contributed by atoms with Gasteiger partial charge < -0.3 is 24.7 Å². The molecule has 3 atom stereocenters. The van der Waals surface area contributed by atoms with Crippen LogP contribution in [0.15, 0.2) is 41.8 Å². The van der Waals surface area contributed by atoms with Crippen LogP contribution in [0.3, 0.4) is 0 Å². The second-order valence-electron chi connectivity index (χ2n) is 10.8. The van der Waals surface area contributed by atoms with Gasteiger partial charge in [-0.05, 0) is 73.9 Å². The summed E-state index contributed by atoms with van der Waals surface area (Å²) in [4.78, 5) is 33.0. The van der Waals surface area contributed by atoms with Crippen LogP contribution in [-0.4, -0.2) is 65.3 Å². The molecule has 1 unspecified atom stereocenters. The fourth-order valence-corrected chi connectivity index (χ4v) is 6.75. The number of likely N-dealkylation sites (N-methyl/N-ethyl adjacent to an activating group) is 1. The quantitative estimate of drug-likeness (QED) is 0.402. The lowest BCUT2D eigenvalue weighted by atomic mass is 9.85. The van der Waals surface area contributed by atoms with E-state index in [1.54, 1.807) is 24.5 Å². The number of aliphatic hydroxyl groups excluding tert-OH is 1. The van der Waals surface area contributed by atoms with Crippen LogP contribution >= 0.6 is 11.3 Å². The van der Waals surface area contributed by atoms with Gasteiger partial charge in [-0.2, -0.15) is 0 Å². The van der Waals surface area contributed by atoms with Gasteiger partial charge in [-0.3, -0.25) is 9.59 Å². The van der Waals surface area contributed by atoms with Gasteiger partial charge in [-0.1, -0.05) is 17.7 Å². The molecule has 9 heteroatoms. The zero-order chi connectivity index (χ0) is 27.7. The number of thiazole rings is 1. The first-order valence-corrected chi connectivity index (χ1v) is 14.3. The number of carbonyl (C=O) groups excluding carboxylic acids is 1. The van der Waals surface area contributed by atoms with Gasteiger partial charge in [0.05, 0.1) is 18.2 Å². The number of piperidine rings is 1. The highest BCUT2D eigenvalue weighted by molar-refractivity contribution is 7.14. The van der Waals surface area contributed by atoms with E-state index in [1.807, 2.05) is 38.1 Å². The summed E-state index contributed by atoms with van der Waals surface area (Å²) in [7, 11) is 1.68. The standard InChI is InChI=1S/C30H35N3O5S/c1-18-4-9-26(38-16-23-8-5-20(13-19(23)2)28(35)32(3)10-11-34)24(12-18)25-17-39-30(31-25)33-14-21-6-7-22(15-33)27(21)29(36)37/h4-5,8-9,12-13,17,21-22,27,34H,6-7,10-11,14-16H2,1-3H3,(H,36,37)/t21-,22?,27+/m1/s1. The third kappa shape index (κ3) is 5.65. The number of ether oxygens (including phenoxy) is 1. The van der Waals surface area contributed by atoms with E-state index in [4.69, 9.17) is 14.8 Å². The average molecular weight is 550 g/mol. The van der Waals surface area contributed by atoms with Crippen molar-refractivity contribution in [3.8, 4) is 17.0 Å². The molecule has 1 saturated heterocycles. The highest BCUT2D eigenvalue weighted by atomic mass is 32.1. The summed E-state index contributed by atoms with van der Waals surface area (Å²) < 4.78 is 6.30. The van der Waals surface area contributed by atoms with Crippen LogP contribution in [0, 0.1) is 31.6 Å². The number of aliphatic hydroxyl groups is 1. The molecule has 206 valence electrons. The summed E-state index contributed by atoms with van der Waals surface area (Å²) >= 11 is 1.59. The molecule has 8 nitrogen and oxygen atoms in total. The Morgan fingerprint density at radius 2 is 1.87 bits per heavy atom. The van der Waals surface area contributed by atoms with Crippen molar-refractivity contribution in [2.24, 2.45) is 17.8 Å². The Morgan fingerprint density at radius 3 is 2.54 bits per heavy atom. The Hall–Kier alpha value is -3.43. The van der Waals surface area contributed by atoms with E-state index in [-0.39, 0.29) is 30.3 Å². The molecular formula is C30H35N3O5S. The number of carboxylic acids is 1. The summed E-state index contributed by atoms with van der Waals surface area (Å²) in [6.45, 7) is 6.06. The number of anilines is 1. The highest BCUT2D eigenvalue weighted by Gasteiger charge is 2.46. The van der Waals surface area contributed by atoms with Crippen molar-refractivity contribution in [2.45, 2.75) is 33.3 Å². The Kier molecular flexibility index (Phi) is 7.91. The van der Waals surface area contributed by atoms with Gasteiger partial charge >= 0.3 is 5.97 Å². The smallest absolute Gasteiger partial charge is 0.307 e. The fourth-order valence-electron chi connectivity index (χ4n) is 5.90. The zero-order valence-corrected chi connectivity index (χ0v) is 23.4. The molecule has 0 radical (unpaired) electrons. The first-order valence-electron chi connectivity index (χ1n) is 13.4. The number of carbonyl (C=O) groups is 2. The van der Waals surface area contributed by atoms with E-state index in [0.717, 1.165) is 64.8 Å². The van der Waals surface area contributed by atoms with E-state index in [1.165, 1.54) is 4.90 Å². The lowest BCUT2D eigenvalue weighted by Crippen LogP contribution is -2.44. The summed E-state index contributed by atoms with van der Waals surface area (Å²) in [5, 5.41) is 21.7. The van der Waals surface area contributed by atoms with Crippen molar-refractivity contribution < 1.29 is 24.5 Å². The van der Waals surface area contributed by atoms with E-state index < -0.39 is 5.97 Å². The van der Waals surface area contributed by atoms with Crippen LogP contribution in [0.2, 0.25) is 0 Å². The molecule has 2 aliphatic rings. The normalized spacial score (nSPS) is 20.2. The topological polar surface area (TPSA) is 103 Å². The lowest BCUT2D eigenvalue weighted by Gasteiger charge is -2.35. The van der Waals surface area contributed by atoms with Crippen LogP contribution in [0.1, 0.15) is 39.9 Å². The molecule has 2 N–H and O–H groups in total. The van der Waals surface area contributed by atoms with Gasteiger partial charge in [-0.15, -0.1) is 11.3 Å². The van der Waals surface area contributed by atoms with Gasteiger partial charge in [-0.25, -0.2) is 4.98 Å². The minimum Gasteiger partial charge on any atom is -0.488 e. The maximum absolute atomic E-state index is 12.6. The van der Waals surface area contributed by atoms with Crippen molar-refractivity contribution in [3.05, 3.63) is 64.0 Å². The Balaban J connectivity index is 1.31. The lowest BCUT2D eigenvalue weighted by molar-refractivity contribution is -0.144. The maximum atomic E-state index is 12.6. The average Bonchev–Trinajstić information content (AvgIpc) is 3.51. The van der Waals surface area contributed by atoms with E-state index in [9.17, 15) is 14.7 Å². The van der Waals surface area contributed by atoms with Crippen molar-refractivity contribution >= 4 is 28.3 Å². The number of nitrogens with zero attached hydrogens (tertiary/aromatic N) is 3. The zero-order valence-electron chi connectivity index (χ0n) is 22.6. The number of hydrogen-bond acceptors (Lipinski definition) is 7. The molecule has 1 saturated carbocycles. The molecule has 2 heterocycles. The second-order valence-corrected chi connectivity index (χ2v) is 11.6. The molecule has 1 aromatic heterocycles. The molecule has 1 aliphatic carbocycles. The SMILES string of the molecule is Cc1ccc(OCc2ccc(C(=O)N(C)CCO)cc2C)c(-c2csc(N3CC4CC[C@H](C3)[C@@H]4C(=O)O)n2)c1. The van der Waals surface area contributed by atoms with E-state index in [0.29, 0.717) is 18.7 Å². The van der Waals surface area contributed by atoms with Crippen LogP contribution in [0.5, 0.6) is 5.75 Å². The second kappa shape index (κ2) is 11.4. The molecule has 2 fully saturated rings. The van der Waals surface area contributed by atoms with Crippen LogP contribution in [0.4, 0.5) is 5.13 Å². The maximum Gasteiger partial charge on any atom is 0.307 e. The van der Waals surface area contributed by atoms with Crippen molar-refractivity contribution in [3.63, 3.8) is 0 Å². The first-order chi connectivity index (χ1) is 18.7. The molecule has 1 amide bonds. The fraction of sp³-hybridized carbons (Fsp3) is 0.433. The first kappa shape index (κ1) is 27.1. The van der Waals surface area contributed by atoms with Crippen molar-refractivity contribution in [1.29, 1.82) is 0 Å². The third-order valence-electron chi connectivity index (χ3n) is 8.05.